The fourth-order valence-corrected chi connectivity index (χ4v) is 1.84. The number of rotatable bonds is 2. The lowest BCUT2D eigenvalue weighted by Gasteiger charge is -2.25. The van der Waals surface area contributed by atoms with E-state index < -0.39 is 0 Å². The van der Waals surface area contributed by atoms with E-state index in [-0.39, 0.29) is 11.9 Å². The summed E-state index contributed by atoms with van der Waals surface area (Å²) in [5.41, 5.74) is 1.26. The molecule has 74 valence electrons. The zero-order chi connectivity index (χ0) is 9.97. The summed E-state index contributed by atoms with van der Waals surface area (Å²) in [4.78, 5) is 10.9. The second-order valence-electron chi connectivity index (χ2n) is 3.79. The monoisotopic (exact) mass is 190 g/mol. The molecular formula is C12H14O2. The van der Waals surface area contributed by atoms with Crippen LogP contribution in [0.15, 0.2) is 24.3 Å². The molecule has 2 rings (SSSR count). The van der Waals surface area contributed by atoms with Gasteiger partial charge in [-0.1, -0.05) is 18.2 Å². The SMILES string of the molecule is CC(=O)C[C@@H]1CCc2ccccc2O1. The van der Waals surface area contributed by atoms with Crippen molar-refractivity contribution in [2.45, 2.75) is 32.3 Å². The van der Waals surface area contributed by atoms with Gasteiger partial charge >= 0.3 is 0 Å². The Labute approximate surface area is 83.9 Å². The molecular weight excluding hydrogens is 176 g/mol. The van der Waals surface area contributed by atoms with E-state index in [1.54, 1.807) is 6.92 Å². The highest BCUT2D eigenvalue weighted by Crippen LogP contribution is 2.28. The van der Waals surface area contributed by atoms with Gasteiger partial charge in [-0.05, 0) is 31.4 Å². The molecule has 1 atom stereocenters. The summed E-state index contributed by atoms with van der Waals surface area (Å²) in [5, 5.41) is 0. The molecule has 0 aliphatic carbocycles. The number of benzene rings is 1. The van der Waals surface area contributed by atoms with Crippen molar-refractivity contribution in [2.24, 2.45) is 0 Å². The Balaban J connectivity index is 2.09. The quantitative estimate of drug-likeness (QED) is 0.715. The number of hydrogen-bond acceptors (Lipinski definition) is 2. The Morgan fingerprint density at radius 3 is 3.07 bits per heavy atom. The largest absolute Gasteiger partial charge is 0.490 e. The van der Waals surface area contributed by atoms with Crippen LogP contribution < -0.4 is 4.74 Å². The maximum Gasteiger partial charge on any atom is 0.133 e. The third-order valence-corrected chi connectivity index (χ3v) is 2.52. The number of para-hydroxylation sites is 1. The predicted molar refractivity (Wildman–Crippen MR) is 54.5 cm³/mol. The van der Waals surface area contributed by atoms with Crippen molar-refractivity contribution in [3.05, 3.63) is 29.8 Å². The summed E-state index contributed by atoms with van der Waals surface area (Å²) >= 11 is 0. The molecule has 0 radical (unpaired) electrons. The molecule has 1 heterocycles. The summed E-state index contributed by atoms with van der Waals surface area (Å²) < 4.78 is 5.72. The molecule has 0 amide bonds. The molecule has 1 aromatic rings. The Kier molecular flexibility index (Phi) is 2.53. The first kappa shape index (κ1) is 9.25. The first-order chi connectivity index (χ1) is 6.75. The Bertz CT molecular complexity index is 344. The standard InChI is InChI=1S/C12H14O2/c1-9(13)8-11-7-6-10-4-2-3-5-12(10)14-11/h2-5,11H,6-8H2,1H3/t11-/m0/s1. The minimum absolute atomic E-state index is 0.0856. The number of Topliss-reactive ketones (excluding diaryl/α,β-unsaturated/α-hetero) is 1. The molecule has 0 saturated carbocycles. The van der Waals surface area contributed by atoms with Crippen molar-refractivity contribution < 1.29 is 9.53 Å². The van der Waals surface area contributed by atoms with Gasteiger partial charge in [0.25, 0.3) is 0 Å². The number of fused-ring (bicyclic) bond motifs is 1. The van der Waals surface area contributed by atoms with Crippen LogP contribution in [-0.4, -0.2) is 11.9 Å². The Morgan fingerprint density at radius 1 is 1.50 bits per heavy atom. The molecule has 1 aliphatic heterocycles. The van der Waals surface area contributed by atoms with Gasteiger partial charge in [0.05, 0.1) is 0 Å². The van der Waals surface area contributed by atoms with Crippen molar-refractivity contribution in [1.29, 1.82) is 0 Å². The molecule has 2 heteroatoms. The predicted octanol–water partition coefficient (Wildman–Crippen LogP) is 2.36. The average molecular weight is 190 g/mol. The normalized spacial score (nSPS) is 19.6. The van der Waals surface area contributed by atoms with E-state index in [4.69, 9.17) is 4.74 Å². The Hall–Kier alpha value is -1.31. The summed E-state index contributed by atoms with van der Waals surface area (Å²) in [5.74, 6) is 1.15. The molecule has 0 fully saturated rings. The van der Waals surface area contributed by atoms with Crippen LogP contribution >= 0.6 is 0 Å². The maximum atomic E-state index is 10.9. The van der Waals surface area contributed by atoms with Crippen LogP contribution in [0.2, 0.25) is 0 Å². The first-order valence-electron chi connectivity index (χ1n) is 4.99. The molecule has 0 unspecified atom stereocenters. The summed E-state index contributed by atoms with van der Waals surface area (Å²) in [7, 11) is 0. The highest BCUT2D eigenvalue weighted by molar-refractivity contribution is 5.76. The highest BCUT2D eigenvalue weighted by atomic mass is 16.5. The van der Waals surface area contributed by atoms with E-state index in [9.17, 15) is 4.79 Å². The van der Waals surface area contributed by atoms with Gasteiger partial charge in [-0.25, -0.2) is 0 Å². The van der Waals surface area contributed by atoms with Gasteiger partial charge in [-0.2, -0.15) is 0 Å². The molecule has 1 aromatic carbocycles. The number of ketones is 1. The third-order valence-electron chi connectivity index (χ3n) is 2.52. The molecule has 1 aliphatic rings. The molecule has 14 heavy (non-hydrogen) atoms. The number of carbonyl (C=O) groups is 1. The highest BCUT2D eigenvalue weighted by Gasteiger charge is 2.20. The van der Waals surface area contributed by atoms with Crippen LogP contribution in [0.3, 0.4) is 0 Å². The summed E-state index contributed by atoms with van der Waals surface area (Å²) in [6.07, 6.45) is 2.60. The van der Waals surface area contributed by atoms with Gasteiger partial charge < -0.3 is 4.74 Å². The van der Waals surface area contributed by atoms with E-state index in [0.717, 1.165) is 18.6 Å². The van der Waals surface area contributed by atoms with Gasteiger partial charge in [-0.15, -0.1) is 0 Å². The van der Waals surface area contributed by atoms with Crippen molar-refractivity contribution in [3.8, 4) is 5.75 Å². The van der Waals surface area contributed by atoms with E-state index in [2.05, 4.69) is 6.07 Å². The number of hydrogen-bond donors (Lipinski definition) is 0. The number of carbonyl (C=O) groups excluding carboxylic acids is 1. The second kappa shape index (κ2) is 3.82. The molecule has 2 nitrogen and oxygen atoms in total. The molecule has 0 saturated heterocycles. The van der Waals surface area contributed by atoms with Crippen LogP contribution in [0.25, 0.3) is 0 Å². The van der Waals surface area contributed by atoms with Gasteiger partial charge in [0.15, 0.2) is 0 Å². The van der Waals surface area contributed by atoms with Crippen LogP contribution in [-0.2, 0) is 11.2 Å². The topological polar surface area (TPSA) is 26.3 Å². The van der Waals surface area contributed by atoms with Gasteiger partial charge in [-0.3, -0.25) is 4.79 Å². The van der Waals surface area contributed by atoms with Crippen LogP contribution in [0.4, 0.5) is 0 Å². The minimum Gasteiger partial charge on any atom is -0.490 e. The van der Waals surface area contributed by atoms with Crippen molar-refractivity contribution in [3.63, 3.8) is 0 Å². The molecule has 0 spiro atoms. The van der Waals surface area contributed by atoms with E-state index in [1.165, 1.54) is 5.56 Å². The lowest BCUT2D eigenvalue weighted by molar-refractivity contribution is -0.118. The van der Waals surface area contributed by atoms with Gasteiger partial charge in [0.1, 0.15) is 17.6 Å². The fourth-order valence-electron chi connectivity index (χ4n) is 1.84. The number of ether oxygens (including phenoxy) is 1. The third kappa shape index (κ3) is 1.95. The van der Waals surface area contributed by atoms with Gasteiger partial charge in [0.2, 0.25) is 0 Å². The van der Waals surface area contributed by atoms with Crippen molar-refractivity contribution in [2.75, 3.05) is 0 Å². The van der Waals surface area contributed by atoms with E-state index in [1.807, 2.05) is 18.2 Å². The van der Waals surface area contributed by atoms with E-state index in [0.29, 0.717) is 6.42 Å². The first-order valence-corrected chi connectivity index (χ1v) is 4.99. The van der Waals surface area contributed by atoms with Crippen LogP contribution in [0.5, 0.6) is 5.75 Å². The molecule has 0 bridgehead atoms. The zero-order valence-corrected chi connectivity index (χ0v) is 8.32. The minimum atomic E-state index is 0.0856. The summed E-state index contributed by atoms with van der Waals surface area (Å²) in [6.45, 7) is 1.61. The van der Waals surface area contributed by atoms with Gasteiger partial charge in [0, 0.05) is 6.42 Å². The summed E-state index contributed by atoms with van der Waals surface area (Å²) in [6, 6.07) is 8.05. The fraction of sp³-hybridized carbons (Fsp3) is 0.417. The van der Waals surface area contributed by atoms with Crippen molar-refractivity contribution in [1.82, 2.24) is 0 Å². The maximum absolute atomic E-state index is 10.9. The lowest BCUT2D eigenvalue weighted by Crippen LogP contribution is -2.24. The second-order valence-corrected chi connectivity index (χ2v) is 3.79. The van der Waals surface area contributed by atoms with Crippen LogP contribution in [0, 0.1) is 0 Å². The van der Waals surface area contributed by atoms with Crippen molar-refractivity contribution >= 4 is 5.78 Å². The van der Waals surface area contributed by atoms with E-state index >= 15 is 0 Å². The molecule has 0 aromatic heterocycles. The van der Waals surface area contributed by atoms with Crippen LogP contribution in [0.1, 0.15) is 25.3 Å². The Morgan fingerprint density at radius 2 is 2.29 bits per heavy atom. The number of aryl methyl sites for hydroxylation is 1. The lowest BCUT2D eigenvalue weighted by atomic mass is 9.99. The molecule has 0 N–H and O–H groups in total. The zero-order valence-electron chi connectivity index (χ0n) is 8.32. The average Bonchev–Trinajstić information content (AvgIpc) is 2.17. The smallest absolute Gasteiger partial charge is 0.133 e.